The minimum absolute atomic E-state index is 0.309. The molecular weight excluding hydrogens is 410 g/mol. The molecule has 0 spiro atoms. The van der Waals surface area contributed by atoms with Crippen LogP contribution in [0.2, 0.25) is 0 Å². The molecule has 0 saturated carbocycles. The first-order valence-corrected chi connectivity index (χ1v) is 12.8. The van der Waals surface area contributed by atoms with Gasteiger partial charge in [-0.15, -0.1) is 17.5 Å². The van der Waals surface area contributed by atoms with Gasteiger partial charge in [0.1, 0.15) is 16.7 Å². The van der Waals surface area contributed by atoms with Gasteiger partial charge in [0, 0.05) is 6.42 Å². The summed E-state index contributed by atoms with van der Waals surface area (Å²) in [5.74, 6) is 6.34. The van der Waals surface area contributed by atoms with Gasteiger partial charge in [0.15, 0.2) is 0 Å². The van der Waals surface area contributed by atoms with Crippen LogP contribution in [0, 0.1) is 11.8 Å². The Hall–Kier alpha value is -0.920. The maximum Gasteiger partial charge on any atom is 0.412 e. The SMILES string of the molecule is CCCCCCCCCCCCCC#C[C@H](Cl)[C@@H]1COC(C)(C)N1C(=O)OC(C)(C)C. The summed E-state index contributed by atoms with van der Waals surface area (Å²) in [6.45, 7) is 11.9. The van der Waals surface area contributed by atoms with Crippen LogP contribution >= 0.6 is 11.6 Å². The van der Waals surface area contributed by atoms with E-state index < -0.39 is 22.8 Å². The second-order valence-electron chi connectivity index (χ2n) is 10.2. The summed E-state index contributed by atoms with van der Waals surface area (Å²) in [6.07, 6.45) is 15.0. The highest BCUT2D eigenvalue weighted by Gasteiger charge is 2.48. The van der Waals surface area contributed by atoms with E-state index in [0.29, 0.717) is 6.61 Å². The average Bonchev–Trinajstić information content (AvgIpc) is 2.99. The molecule has 0 aromatic rings. The molecule has 0 radical (unpaired) electrons. The molecule has 2 atom stereocenters. The minimum atomic E-state index is -0.752. The summed E-state index contributed by atoms with van der Waals surface area (Å²) in [6, 6.07) is -0.309. The van der Waals surface area contributed by atoms with Gasteiger partial charge in [0.25, 0.3) is 0 Å². The minimum Gasteiger partial charge on any atom is -0.444 e. The van der Waals surface area contributed by atoms with Crippen molar-refractivity contribution in [2.45, 2.75) is 141 Å². The second-order valence-corrected chi connectivity index (χ2v) is 10.7. The van der Waals surface area contributed by atoms with Gasteiger partial charge >= 0.3 is 6.09 Å². The van der Waals surface area contributed by atoms with E-state index in [4.69, 9.17) is 21.1 Å². The Labute approximate surface area is 196 Å². The van der Waals surface area contributed by atoms with E-state index in [0.717, 1.165) is 12.8 Å². The van der Waals surface area contributed by atoms with E-state index in [-0.39, 0.29) is 6.04 Å². The van der Waals surface area contributed by atoms with Crippen molar-refractivity contribution < 1.29 is 14.3 Å². The lowest BCUT2D eigenvalue weighted by atomic mass is 10.1. The molecule has 0 aromatic carbocycles. The third kappa shape index (κ3) is 11.5. The molecule has 1 rings (SSSR count). The van der Waals surface area contributed by atoms with E-state index in [9.17, 15) is 4.79 Å². The van der Waals surface area contributed by atoms with Crippen LogP contribution < -0.4 is 0 Å². The van der Waals surface area contributed by atoms with Crippen molar-refractivity contribution in [1.29, 1.82) is 0 Å². The van der Waals surface area contributed by atoms with Crippen LogP contribution in [0.4, 0.5) is 4.79 Å². The molecule has 0 aliphatic carbocycles. The molecule has 0 bridgehead atoms. The highest BCUT2D eigenvalue weighted by atomic mass is 35.5. The fourth-order valence-electron chi connectivity index (χ4n) is 3.86. The predicted octanol–water partition coefficient (Wildman–Crippen LogP) is 7.67. The molecule has 0 unspecified atom stereocenters. The Kier molecular flexibility index (Phi) is 12.9. The van der Waals surface area contributed by atoms with E-state index >= 15 is 0 Å². The van der Waals surface area contributed by atoms with Crippen molar-refractivity contribution in [2.75, 3.05) is 6.61 Å². The monoisotopic (exact) mass is 455 g/mol. The van der Waals surface area contributed by atoms with Gasteiger partial charge in [-0.2, -0.15) is 0 Å². The topological polar surface area (TPSA) is 38.8 Å². The van der Waals surface area contributed by atoms with Gasteiger partial charge in [-0.1, -0.05) is 77.1 Å². The lowest BCUT2D eigenvalue weighted by Crippen LogP contribution is -2.52. The van der Waals surface area contributed by atoms with Crippen LogP contribution in [-0.4, -0.2) is 40.3 Å². The van der Waals surface area contributed by atoms with Crippen LogP contribution in [-0.2, 0) is 9.47 Å². The van der Waals surface area contributed by atoms with Gasteiger partial charge in [0.05, 0.1) is 12.6 Å². The summed E-state index contributed by atoms with van der Waals surface area (Å²) >= 11 is 6.56. The summed E-state index contributed by atoms with van der Waals surface area (Å²) in [5.41, 5.74) is -1.32. The lowest BCUT2D eigenvalue weighted by Gasteiger charge is -2.35. The Morgan fingerprint density at radius 3 is 2.10 bits per heavy atom. The highest BCUT2D eigenvalue weighted by Crippen LogP contribution is 2.32. The smallest absolute Gasteiger partial charge is 0.412 e. The molecule has 31 heavy (non-hydrogen) atoms. The van der Waals surface area contributed by atoms with Gasteiger partial charge in [-0.3, -0.25) is 4.90 Å². The third-order valence-corrected chi connectivity index (χ3v) is 5.99. The maximum absolute atomic E-state index is 12.7. The summed E-state index contributed by atoms with van der Waals surface area (Å²) in [4.78, 5) is 14.3. The highest BCUT2D eigenvalue weighted by molar-refractivity contribution is 6.23. The van der Waals surface area contributed by atoms with Gasteiger partial charge in [0.2, 0.25) is 0 Å². The van der Waals surface area contributed by atoms with Crippen LogP contribution in [0.25, 0.3) is 0 Å². The van der Waals surface area contributed by atoms with Crippen molar-refractivity contribution in [3.63, 3.8) is 0 Å². The maximum atomic E-state index is 12.7. The first-order valence-electron chi connectivity index (χ1n) is 12.4. The number of rotatable bonds is 12. The zero-order chi connectivity index (χ0) is 23.3. The number of carbonyl (C=O) groups excluding carboxylic acids is 1. The van der Waals surface area contributed by atoms with Crippen LogP contribution in [0.3, 0.4) is 0 Å². The Morgan fingerprint density at radius 1 is 1.06 bits per heavy atom. The first-order chi connectivity index (χ1) is 14.6. The third-order valence-electron chi connectivity index (χ3n) is 5.59. The number of alkyl halides is 1. The number of hydrogen-bond donors (Lipinski definition) is 0. The number of carbonyl (C=O) groups is 1. The van der Waals surface area contributed by atoms with Crippen molar-refractivity contribution in [3.05, 3.63) is 0 Å². The quantitative estimate of drug-likeness (QED) is 0.172. The first kappa shape index (κ1) is 28.1. The molecule has 1 aliphatic heterocycles. The van der Waals surface area contributed by atoms with Crippen molar-refractivity contribution in [2.24, 2.45) is 0 Å². The molecule has 1 aliphatic rings. The van der Waals surface area contributed by atoms with Gasteiger partial charge in [-0.05, 0) is 41.0 Å². The fraction of sp³-hybridized carbons (Fsp3) is 0.885. The van der Waals surface area contributed by atoms with Crippen LogP contribution in [0.1, 0.15) is 119 Å². The molecule has 5 heteroatoms. The summed E-state index contributed by atoms with van der Waals surface area (Å²) in [7, 11) is 0. The van der Waals surface area contributed by atoms with Gasteiger partial charge < -0.3 is 9.47 Å². The molecule has 0 aromatic heterocycles. The van der Waals surface area contributed by atoms with E-state index in [1.165, 1.54) is 64.2 Å². The Morgan fingerprint density at radius 2 is 1.58 bits per heavy atom. The van der Waals surface area contributed by atoms with Crippen LogP contribution in [0.5, 0.6) is 0 Å². The molecule has 1 amide bonds. The number of unbranched alkanes of at least 4 members (excludes halogenated alkanes) is 11. The largest absolute Gasteiger partial charge is 0.444 e. The summed E-state index contributed by atoms with van der Waals surface area (Å²) in [5, 5.41) is -0.470. The molecular formula is C26H46ClNO3. The molecule has 1 heterocycles. The summed E-state index contributed by atoms with van der Waals surface area (Å²) < 4.78 is 11.4. The Bertz CT molecular complexity index is 573. The molecule has 4 nitrogen and oxygen atoms in total. The zero-order valence-electron chi connectivity index (χ0n) is 20.9. The van der Waals surface area contributed by atoms with Crippen molar-refractivity contribution in [1.82, 2.24) is 4.90 Å². The molecule has 1 saturated heterocycles. The number of halogens is 1. The number of ether oxygens (including phenoxy) is 2. The lowest BCUT2D eigenvalue weighted by molar-refractivity contribution is -0.0621. The van der Waals surface area contributed by atoms with E-state index in [1.807, 2.05) is 34.6 Å². The van der Waals surface area contributed by atoms with Crippen molar-refractivity contribution in [3.8, 4) is 11.8 Å². The van der Waals surface area contributed by atoms with E-state index in [2.05, 4.69) is 18.8 Å². The van der Waals surface area contributed by atoms with E-state index in [1.54, 1.807) is 4.90 Å². The number of nitrogens with zero attached hydrogens (tertiary/aromatic N) is 1. The van der Waals surface area contributed by atoms with Crippen molar-refractivity contribution >= 4 is 17.7 Å². The van der Waals surface area contributed by atoms with Crippen LogP contribution in [0.15, 0.2) is 0 Å². The molecule has 180 valence electrons. The fourth-order valence-corrected chi connectivity index (χ4v) is 4.12. The van der Waals surface area contributed by atoms with Gasteiger partial charge in [-0.25, -0.2) is 4.79 Å². The number of amides is 1. The number of hydrogen-bond acceptors (Lipinski definition) is 3. The Balaban J connectivity index is 2.29. The molecule has 0 N–H and O–H groups in total. The molecule has 1 fully saturated rings. The second kappa shape index (κ2) is 14.3. The normalized spacial score (nSPS) is 19.1. The zero-order valence-corrected chi connectivity index (χ0v) is 21.7. The predicted molar refractivity (Wildman–Crippen MR) is 130 cm³/mol. The average molecular weight is 456 g/mol. The standard InChI is InChI=1S/C26H46ClNO3/c1-7-8-9-10-11-12-13-14-15-16-17-18-19-20-22(27)23-21-30-26(5,6)28(23)24(29)31-25(2,3)4/h22-23H,7-18,21H2,1-6H3/t22-,23-/m0/s1.